The summed E-state index contributed by atoms with van der Waals surface area (Å²) in [5.41, 5.74) is 2.53. The van der Waals surface area contributed by atoms with Crippen molar-refractivity contribution in [3.05, 3.63) is 101 Å². The molecule has 3 nitrogen and oxygen atoms in total. The summed E-state index contributed by atoms with van der Waals surface area (Å²) in [6.45, 7) is 2.00. The molecule has 6 heteroatoms. The molecule has 1 atom stereocenters. The third kappa shape index (κ3) is 4.45. The van der Waals surface area contributed by atoms with Gasteiger partial charge in [0.15, 0.2) is 4.32 Å². The molecule has 0 saturated carbocycles. The van der Waals surface area contributed by atoms with Crippen LogP contribution >= 0.6 is 24.0 Å². The molecule has 3 aromatic rings. The van der Waals surface area contributed by atoms with Crippen molar-refractivity contribution in [3.63, 3.8) is 0 Å². The molecule has 150 valence electrons. The minimum absolute atomic E-state index is 0.0657. The van der Waals surface area contributed by atoms with Crippen LogP contribution in [-0.4, -0.2) is 10.2 Å². The van der Waals surface area contributed by atoms with Crippen molar-refractivity contribution in [1.82, 2.24) is 0 Å². The van der Waals surface area contributed by atoms with E-state index < -0.39 is 0 Å². The topological polar surface area (TPSA) is 29.5 Å². The van der Waals surface area contributed by atoms with E-state index in [1.54, 1.807) is 18.2 Å². The summed E-state index contributed by atoms with van der Waals surface area (Å²) in [5, 5.41) is 0. The van der Waals surface area contributed by atoms with Crippen molar-refractivity contribution < 1.29 is 13.9 Å². The molecule has 1 aliphatic heterocycles. The van der Waals surface area contributed by atoms with E-state index in [-0.39, 0.29) is 17.8 Å². The first-order chi connectivity index (χ1) is 14.5. The Bertz CT molecular complexity index is 1100. The van der Waals surface area contributed by atoms with Gasteiger partial charge in [-0.2, -0.15) is 0 Å². The fourth-order valence-corrected chi connectivity index (χ4v) is 4.37. The number of carbonyl (C=O) groups excluding carboxylic acids is 1. The number of thiocarbonyl (C=S) groups is 1. The highest BCUT2D eigenvalue weighted by Gasteiger charge is 2.33. The number of carbonyl (C=O) groups is 1. The summed E-state index contributed by atoms with van der Waals surface area (Å²) in [6, 6.07) is 23.3. The lowest BCUT2D eigenvalue weighted by molar-refractivity contribution is -0.113. The molecule has 1 fully saturated rings. The van der Waals surface area contributed by atoms with Crippen molar-refractivity contribution in [2.24, 2.45) is 0 Å². The molecule has 0 aromatic heterocycles. The summed E-state index contributed by atoms with van der Waals surface area (Å²) in [7, 11) is 0. The summed E-state index contributed by atoms with van der Waals surface area (Å²) < 4.78 is 19.6. The predicted molar refractivity (Wildman–Crippen MR) is 124 cm³/mol. The van der Waals surface area contributed by atoms with Gasteiger partial charge in [0, 0.05) is 0 Å². The maximum atomic E-state index is 13.2. The Morgan fingerprint density at radius 2 is 1.67 bits per heavy atom. The third-order valence-electron chi connectivity index (χ3n) is 4.64. The molecule has 3 aromatic carbocycles. The molecule has 1 heterocycles. The molecule has 0 bridgehead atoms. The second kappa shape index (κ2) is 8.81. The molecule has 1 amide bonds. The molecular weight excluding hydrogens is 417 g/mol. The van der Waals surface area contributed by atoms with Gasteiger partial charge in [-0.25, -0.2) is 4.39 Å². The smallest absolute Gasteiger partial charge is 0.270 e. The van der Waals surface area contributed by atoms with Gasteiger partial charge in [-0.05, 0) is 60.5 Å². The number of halogens is 1. The number of thioether (sulfide) groups is 1. The van der Waals surface area contributed by atoms with Crippen molar-refractivity contribution in [3.8, 4) is 5.75 Å². The second-order valence-corrected chi connectivity index (χ2v) is 8.41. The van der Waals surface area contributed by atoms with Crippen LogP contribution in [0.15, 0.2) is 83.8 Å². The first-order valence-corrected chi connectivity index (χ1v) is 10.6. The second-order valence-electron chi connectivity index (χ2n) is 6.73. The normalized spacial score (nSPS) is 16.2. The van der Waals surface area contributed by atoms with Gasteiger partial charge >= 0.3 is 0 Å². The number of nitrogens with zero attached hydrogens (tertiary/aromatic N) is 1. The molecular formula is C24H18FNO2S2. The number of ether oxygens (including phenoxy) is 1. The number of anilines is 1. The number of hydrogen-bond acceptors (Lipinski definition) is 4. The van der Waals surface area contributed by atoms with Crippen LogP contribution in [0.4, 0.5) is 10.1 Å². The number of rotatable bonds is 5. The highest BCUT2D eigenvalue weighted by molar-refractivity contribution is 8.27. The molecule has 0 aliphatic carbocycles. The van der Waals surface area contributed by atoms with E-state index in [4.69, 9.17) is 17.0 Å². The van der Waals surface area contributed by atoms with Crippen LogP contribution in [0.5, 0.6) is 5.75 Å². The van der Waals surface area contributed by atoms with Gasteiger partial charge in [0.25, 0.3) is 5.91 Å². The van der Waals surface area contributed by atoms with Gasteiger partial charge in [-0.15, -0.1) is 0 Å². The van der Waals surface area contributed by atoms with Crippen LogP contribution in [0.2, 0.25) is 0 Å². The number of benzene rings is 3. The molecule has 0 radical (unpaired) electrons. The highest BCUT2D eigenvalue weighted by Crippen LogP contribution is 2.36. The first kappa shape index (κ1) is 20.3. The van der Waals surface area contributed by atoms with Crippen LogP contribution in [0, 0.1) is 5.82 Å². The molecule has 0 spiro atoms. The van der Waals surface area contributed by atoms with Gasteiger partial charge in [0.1, 0.15) is 17.7 Å². The average molecular weight is 436 g/mol. The maximum Gasteiger partial charge on any atom is 0.270 e. The van der Waals surface area contributed by atoms with E-state index in [0.717, 1.165) is 16.9 Å². The van der Waals surface area contributed by atoms with E-state index in [9.17, 15) is 9.18 Å². The Morgan fingerprint density at radius 1 is 1.00 bits per heavy atom. The summed E-state index contributed by atoms with van der Waals surface area (Å²) in [5.74, 6) is 0.181. The molecule has 1 saturated heterocycles. The molecule has 0 N–H and O–H groups in total. The van der Waals surface area contributed by atoms with Gasteiger partial charge in [-0.1, -0.05) is 66.4 Å². The summed E-state index contributed by atoms with van der Waals surface area (Å²) in [6.07, 6.45) is 1.73. The Kier molecular flexibility index (Phi) is 5.97. The lowest BCUT2D eigenvalue weighted by atomic mass is 10.1. The SMILES string of the molecule is C[C@@H](Oc1ccc(/C=C2\SC(=S)N(c3ccc(F)cc3)C2=O)cc1)c1ccccc1. The van der Waals surface area contributed by atoms with Gasteiger partial charge in [-0.3, -0.25) is 9.69 Å². The van der Waals surface area contributed by atoms with Gasteiger partial charge < -0.3 is 4.74 Å². The van der Waals surface area contributed by atoms with Crippen LogP contribution in [0.1, 0.15) is 24.2 Å². The van der Waals surface area contributed by atoms with Crippen molar-refractivity contribution in [1.29, 1.82) is 0 Å². The van der Waals surface area contributed by atoms with Crippen LogP contribution in [0.3, 0.4) is 0 Å². The largest absolute Gasteiger partial charge is 0.486 e. The number of amides is 1. The monoisotopic (exact) mass is 435 g/mol. The third-order valence-corrected chi connectivity index (χ3v) is 5.94. The lowest BCUT2D eigenvalue weighted by Gasteiger charge is -2.15. The van der Waals surface area contributed by atoms with Crippen LogP contribution < -0.4 is 9.64 Å². The van der Waals surface area contributed by atoms with Crippen molar-refractivity contribution in [2.75, 3.05) is 4.90 Å². The van der Waals surface area contributed by atoms with E-state index in [1.165, 1.54) is 28.8 Å². The molecule has 30 heavy (non-hydrogen) atoms. The predicted octanol–water partition coefficient (Wildman–Crippen LogP) is 6.37. The lowest BCUT2D eigenvalue weighted by Crippen LogP contribution is -2.27. The van der Waals surface area contributed by atoms with Crippen LogP contribution in [0.25, 0.3) is 6.08 Å². The zero-order valence-electron chi connectivity index (χ0n) is 16.1. The minimum atomic E-state index is -0.358. The van der Waals surface area contributed by atoms with Crippen molar-refractivity contribution >= 4 is 46.0 Å². The average Bonchev–Trinajstić information content (AvgIpc) is 3.04. The Labute approximate surface area is 184 Å². The summed E-state index contributed by atoms with van der Waals surface area (Å²) >= 11 is 6.59. The molecule has 0 unspecified atom stereocenters. The first-order valence-electron chi connectivity index (χ1n) is 9.36. The van der Waals surface area contributed by atoms with E-state index in [0.29, 0.717) is 14.9 Å². The Hall–Kier alpha value is -2.96. The van der Waals surface area contributed by atoms with E-state index in [2.05, 4.69) is 0 Å². The zero-order chi connectivity index (χ0) is 21.1. The highest BCUT2D eigenvalue weighted by atomic mass is 32.2. The molecule has 4 rings (SSSR count). The van der Waals surface area contributed by atoms with E-state index in [1.807, 2.05) is 61.5 Å². The standard InChI is InChI=1S/C24H18FNO2S2/c1-16(18-5-3-2-4-6-18)28-21-13-7-17(8-14-21)15-22-23(27)26(24(29)30-22)20-11-9-19(25)10-12-20/h2-16H,1H3/b22-15-/t16-/m1/s1. The summed E-state index contributed by atoms with van der Waals surface area (Å²) in [4.78, 5) is 14.8. The molecule has 1 aliphatic rings. The fourth-order valence-electron chi connectivity index (χ4n) is 3.07. The quantitative estimate of drug-likeness (QED) is 0.344. The Morgan fingerprint density at radius 3 is 2.33 bits per heavy atom. The van der Waals surface area contributed by atoms with Gasteiger partial charge in [0.2, 0.25) is 0 Å². The van der Waals surface area contributed by atoms with Crippen molar-refractivity contribution in [2.45, 2.75) is 13.0 Å². The number of hydrogen-bond donors (Lipinski definition) is 0. The maximum absolute atomic E-state index is 13.2. The van der Waals surface area contributed by atoms with Gasteiger partial charge in [0.05, 0.1) is 10.6 Å². The minimum Gasteiger partial charge on any atom is -0.486 e. The Balaban J connectivity index is 1.48. The van der Waals surface area contributed by atoms with E-state index >= 15 is 0 Å². The fraction of sp³-hybridized carbons (Fsp3) is 0.0833. The van der Waals surface area contributed by atoms with Crippen LogP contribution in [-0.2, 0) is 4.79 Å². The zero-order valence-corrected chi connectivity index (χ0v) is 17.8.